The molecule has 1 nitrogen and oxygen atoms in total. The minimum atomic E-state index is 0. The Labute approximate surface area is 87.2 Å². The van der Waals surface area contributed by atoms with Crippen molar-refractivity contribution in [3.63, 3.8) is 0 Å². The molecule has 0 aliphatic heterocycles. The van der Waals surface area contributed by atoms with Gasteiger partial charge in [-0.25, -0.2) is 0 Å². The van der Waals surface area contributed by atoms with E-state index in [9.17, 15) is 4.79 Å². The zero-order valence-electron chi connectivity index (χ0n) is 5.06. The number of hydrogen-bond donors (Lipinski definition) is 1. The molecule has 0 aromatic heterocycles. The fourth-order valence-electron chi connectivity index (χ4n) is 0. The van der Waals surface area contributed by atoms with Crippen LogP contribution in [-0.2, 0) is 4.79 Å². The molecule has 6 heavy (non-hydrogen) atoms. The van der Waals surface area contributed by atoms with Crippen LogP contribution in [0.4, 0.5) is 0 Å². The van der Waals surface area contributed by atoms with Crippen molar-refractivity contribution in [3.8, 4) is 0 Å². The van der Waals surface area contributed by atoms with Gasteiger partial charge in [0.15, 0.2) is 0 Å². The molecule has 0 aromatic rings. The van der Waals surface area contributed by atoms with E-state index in [0.717, 1.165) is 0 Å². The van der Waals surface area contributed by atoms with Gasteiger partial charge in [-0.05, 0) is 6.92 Å². The summed E-state index contributed by atoms with van der Waals surface area (Å²) in [6.45, 7) is 1.51. The van der Waals surface area contributed by atoms with Crippen LogP contribution in [0.3, 0.4) is 0 Å². The van der Waals surface area contributed by atoms with Gasteiger partial charge in [0.1, 0.15) is 5.78 Å². The van der Waals surface area contributed by atoms with Crippen molar-refractivity contribution in [1.29, 1.82) is 0 Å². The van der Waals surface area contributed by atoms with E-state index in [-0.39, 0.29) is 58.6 Å². The van der Waals surface area contributed by atoms with Gasteiger partial charge in [0, 0.05) is 5.75 Å². The largest absolute Gasteiger partial charge is 1.00 e. The first-order valence-corrected chi connectivity index (χ1v) is 2.01. The Hall–Kier alpha value is 1.66. The molecular weight excluding hydrogens is 123 g/mol. The van der Waals surface area contributed by atoms with E-state index in [1.54, 1.807) is 0 Å². The molecule has 0 saturated heterocycles. The third-order valence-corrected chi connectivity index (χ3v) is 0.668. The summed E-state index contributed by atoms with van der Waals surface area (Å²) in [6.07, 6.45) is 0. The molecule has 0 atom stereocenters. The molecule has 0 aliphatic carbocycles. The van der Waals surface area contributed by atoms with Gasteiger partial charge in [0.25, 0.3) is 0 Å². The molecular formula is C3H7KOS. The van der Waals surface area contributed by atoms with Crippen molar-refractivity contribution in [3.05, 3.63) is 0 Å². The van der Waals surface area contributed by atoms with Crippen LogP contribution in [-0.4, -0.2) is 11.5 Å². The van der Waals surface area contributed by atoms with E-state index < -0.39 is 0 Å². The van der Waals surface area contributed by atoms with Gasteiger partial charge in [-0.1, -0.05) is 0 Å². The molecule has 0 saturated carbocycles. The molecule has 0 N–H and O–H groups in total. The maximum Gasteiger partial charge on any atom is 1.00 e. The molecule has 0 radical (unpaired) electrons. The van der Waals surface area contributed by atoms with Gasteiger partial charge in [0.2, 0.25) is 0 Å². The summed E-state index contributed by atoms with van der Waals surface area (Å²) in [7, 11) is 0. The number of thiol groups is 1. The maximum atomic E-state index is 9.74. The molecule has 0 fully saturated rings. The Morgan fingerprint density at radius 1 is 2.00 bits per heavy atom. The predicted molar refractivity (Wildman–Crippen MR) is 25.6 cm³/mol. The van der Waals surface area contributed by atoms with Crippen LogP contribution in [0.15, 0.2) is 0 Å². The van der Waals surface area contributed by atoms with Crippen LogP contribution in [0.1, 0.15) is 8.35 Å². The molecule has 0 bridgehead atoms. The zero-order valence-corrected chi connectivity index (χ0v) is 8.08. The van der Waals surface area contributed by atoms with Crippen LogP contribution in [0.25, 0.3) is 0 Å². The Bertz CT molecular complexity index is 50.2. The predicted octanol–water partition coefficient (Wildman–Crippen LogP) is -2.38. The van der Waals surface area contributed by atoms with Crippen molar-refractivity contribution in [1.82, 2.24) is 0 Å². The molecule has 0 unspecified atom stereocenters. The third kappa shape index (κ3) is 9.17. The van der Waals surface area contributed by atoms with Crippen molar-refractivity contribution >= 4 is 18.4 Å². The number of rotatable bonds is 1. The molecule has 0 rings (SSSR count). The number of carbonyl (C=O) groups is 1. The van der Waals surface area contributed by atoms with E-state index in [2.05, 4.69) is 12.6 Å². The van der Waals surface area contributed by atoms with Crippen LogP contribution in [0, 0.1) is 0 Å². The molecule has 0 heterocycles. The summed E-state index contributed by atoms with van der Waals surface area (Å²) >= 11 is 3.67. The number of Topliss-reactive ketones (excluding diaryl/α,β-unsaturated/α-hetero) is 1. The summed E-state index contributed by atoms with van der Waals surface area (Å²) < 4.78 is 0. The Kier molecular flexibility index (Phi) is 11.8. The van der Waals surface area contributed by atoms with Crippen molar-refractivity contribution in [2.45, 2.75) is 6.92 Å². The first-order chi connectivity index (χ1) is 2.27. The Morgan fingerprint density at radius 2 is 2.17 bits per heavy atom. The van der Waals surface area contributed by atoms with Gasteiger partial charge in [-0.2, -0.15) is 12.6 Å². The molecule has 32 valence electrons. The molecule has 0 amide bonds. The maximum absolute atomic E-state index is 9.74. The normalized spacial score (nSPS) is 6.33. The Morgan fingerprint density at radius 3 is 2.17 bits per heavy atom. The number of ketones is 1. The molecule has 0 spiro atoms. The van der Waals surface area contributed by atoms with Gasteiger partial charge < -0.3 is 1.43 Å². The van der Waals surface area contributed by atoms with Crippen LogP contribution < -0.4 is 51.4 Å². The van der Waals surface area contributed by atoms with E-state index in [1.165, 1.54) is 6.92 Å². The van der Waals surface area contributed by atoms with E-state index in [4.69, 9.17) is 0 Å². The van der Waals surface area contributed by atoms with Gasteiger partial charge in [0.05, 0.1) is 0 Å². The summed E-state index contributed by atoms with van der Waals surface area (Å²) in [4.78, 5) is 9.74. The van der Waals surface area contributed by atoms with Crippen molar-refractivity contribution < 1.29 is 57.6 Å². The number of carbonyl (C=O) groups excluding carboxylic acids is 1. The first-order valence-electron chi connectivity index (χ1n) is 1.37. The minimum Gasteiger partial charge on any atom is -1.00 e. The average molecular weight is 130 g/mol. The monoisotopic (exact) mass is 130 g/mol. The SMILES string of the molecule is CC(=O)CS.[H-].[K+]. The third-order valence-electron chi connectivity index (χ3n) is 0.223. The molecule has 0 aromatic carbocycles. The van der Waals surface area contributed by atoms with Crippen LogP contribution in [0.5, 0.6) is 0 Å². The first kappa shape index (κ1) is 10.6. The second-order valence-corrected chi connectivity index (χ2v) is 1.18. The summed E-state index contributed by atoms with van der Waals surface area (Å²) in [5, 5.41) is 0. The van der Waals surface area contributed by atoms with Gasteiger partial charge in [-0.3, -0.25) is 4.79 Å². The summed E-state index contributed by atoms with van der Waals surface area (Å²) in [6, 6.07) is 0. The van der Waals surface area contributed by atoms with Gasteiger partial charge in [-0.15, -0.1) is 0 Å². The molecule has 0 aliphatic rings. The molecule has 3 heteroatoms. The van der Waals surface area contributed by atoms with Gasteiger partial charge >= 0.3 is 51.4 Å². The van der Waals surface area contributed by atoms with E-state index >= 15 is 0 Å². The quantitative estimate of drug-likeness (QED) is 0.310. The van der Waals surface area contributed by atoms with Crippen LogP contribution >= 0.6 is 12.6 Å². The second-order valence-electron chi connectivity index (χ2n) is 0.860. The van der Waals surface area contributed by atoms with Crippen molar-refractivity contribution in [2.24, 2.45) is 0 Å². The van der Waals surface area contributed by atoms with Crippen molar-refractivity contribution in [2.75, 3.05) is 5.75 Å². The smallest absolute Gasteiger partial charge is 1.00 e. The van der Waals surface area contributed by atoms with E-state index in [0.29, 0.717) is 5.75 Å². The zero-order chi connectivity index (χ0) is 4.28. The topological polar surface area (TPSA) is 17.1 Å². The fourth-order valence-corrected chi connectivity index (χ4v) is 0. The van der Waals surface area contributed by atoms with Crippen LogP contribution in [0.2, 0.25) is 0 Å². The summed E-state index contributed by atoms with van der Waals surface area (Å²) in [5.74, 6) is 0.480. The standard InChI is InChI=1S/C3H6OS.K.H/c1-3(4)2-5;;/h5H,2H2,1H3;;/q;+1;-1. The van der Waals surface area contributed by atoms with E-state index in [1.807, 2.05) is 0 Å². The second kappa shape index (κ2) is 6.66. The average Bonchev–Trinajstić information content (AvgIpc) is 1.38. The Balaban J connectivity index is -0.0000000800. The minimum absolute atomic E-state index is 0. The number of hydrogen-bond acceptors (Lipinski definition) is 2. The summed E-state index contributed by atoms with van der Waals surface area (Å²) in [5.41, 5.74) is 0. The fraction of sp³-hybridized carbons (Fsp3) is 0.667.